The van der Waals surface area contributed by atoms with E-state index in [0.717, 1.165) is 54.9 Å². The second-order valence-corrected chi connectivity index (χ2v) is 6.45. The third kappa shape index (κ3) is 3.97. The highest BCUT2D eigenvalue weighted by molar-refractivity contribution is 5.73. The number of carbonyl (C=O) groups is 1. The Bertz CT molecular complexity index is 700. The van der Waals surface area contributed by atoms with Gasteiger partial charge in [-0.1, -0.05) is 18.2 Å². The molecule has 0 radical (unpaired) electrons. The van der Waals surface area contributed by atoms with Crippen LogP contribution in [0, 0.1) is 5.92 Å². The van der Waals surface area contributed by atoms with Crippen LogP contribution in [0.15, 0.2) is 36.4 Å². The molecule has 1 aliphatic heterocycles. The van der Waals surface area contributed by atoms with Crippen molar-refractivity contribution >= 4 is 5.91 Å². The molecule has 1 N–H and O–H groups in total. The monoisotopic (exact) mass is 325 g/mol. The van der Waals surface area contributed by atoms with Gasteiger partial charge in [-0.2, -0.15) is 10.2 Å². The zero-order chi connectivity index (χ0) is 16.9. The fourth-order valence-electron chi connectivity index (χ4n) is 3.27. The molecule has 126 valence electrons. The van der Waals surface area contributed by atoms with Crippen LogP contribution in [-0.2, 0) is 17.8 Å². The van der Waals surface area contributed by atoms with Crippen molar-refractivity contribution in [2.75, 3.05) is 13.1 Å². The maximum Gasteiger partial charge on any atom is 0.219 e. The summed E-state index contributed by atoms with van der Waals surface area (Å²) in [5, 5.41) is 17.9. The molecule has 1 amide bonds. The number of hydrogen-bond donors (Lipinski definition) is 1. The zero-order valence-electron chi connectivity index (χ0n) is 14.0. The summed E-state index contributed by atoms with van der Waals surface area (Å²) in [5.41, 5.74) is 3.60. The van der Waals surface area contributed by atoms with Gasteiger partial charge in [-0.25, -0.2) is 0 Å². The van der Waals surface area contributed by atoms with E-state index >= 15 is 0 Å². The molecule has 5 nitrogen and oxygen atoms in total. The number of piperidine rings is 1. The molecule has 1 aromatic heterocycles. The van der Waals surface area contributed by atoms with Crippen molar-refractivity contribution in [2.24, 2.45) is 5.92 Å². The lowest BCUT2D eigenvalue weighted by atomic mass is 9.93. The van der Waals surface area contributed by atoms with E-state index in [2.05, 4.69) is 10.2 Å². The van der Waals surface area contributed by atoms with Gasteiger partial charge in [0.2, 0.25) is 5.91 Å². The molecule has 1 saturated heterocycles. The smallest absolute Gasteiger partial charge is 0.219 e. The topological polar surface area (TPSA) is 66.3 Å². The number of aliphatic hydroxyl groups is 1. The van der Waals surface area contributed by atoms with Crippen molar-refractivity contribution < 1.29 is 9.90 Å². The molecule has 0 spiro atoms. The summed E-state index contributed by atoms with van der Waals surface area (Å²) in [6.07, 6.45) is 3.04. The summed E-state index contributed by atoms with van der Waals surface area (Å²) in [4.78, 5) is 13.5. The molecule has 5 heteroatoms. The molecule has 2 aromatic rings. The molecule has 1 atom stereocenters. The molecule has 3 rings (SSSR count). The van der Waals surface area contributed by atoms with E-state index in [0.29, 0.717) is 5.92 Å². The predicted octanol–water partition coefficient (Wildman–Crippen LogP) is 2.44. The zero-order valence-corrected chi connectivity index (χ0v) is 14.0. The average molecular weight is 325 g/mol. The van der Waals surface area contributed by atoms with Gasteiger partial charge in [-0.05, 0) is 48.9 Å². The molecule has 2 heterocycles. The first kappa shape index (κ1) is 16.6. The standard InChI is InChI=1S/C19H23N3O2/c1-14(24)22-9-3-5-15(12-22)11-18-7-8-19(21-20-18)17-6-2-4-16(10-17)13-23/h2,4,6-8,10,15,23H,3,5,9,11-13H2,1H3/t15-/m0/s1. The Morgan fingerprint density at radius 3 is 2.88 bits per heavy atom. The molecular weight excluding hydrogens is 302 g/mol. The molecule has 0 saturated carbocycles. The van der Waals surface area contributed by atoms with E-state index < -0.39 is 0 Å². The number of rotatable bonds is 4. The van der Waals surface area contributed by atoms with Gasteiger partial charge >= 0.3 is 0 Å². The Morgan fingerprint density at radius 1 is 1.29 bits per heavy atom. The second kappa shape index (κ2) is 7.53. The van der Waals surface area contributed by atoms with Gasteiger partial charge in [0.15, 0.2) is 0 Å². The van der Waals surface area contributed by atoms with E-state index in [1.807, 2.05) is 41.3 Å². The van der Waals surface area contributed by atoms with Crippen molar-refractivity contribution in [1.82, 2.24) is 15.1 Å². The van der Waals surface area contributed by atoms with E-state index in [9.17, 15) is 9.90 Å². The first-order valence-corrected chi connectivity index (χ1v) is 8.44. The van der Waals surface area contributed by atoms with Gasteiger partial charge in [0.1, 0.15) is 0 Å². The number of likely N-dealkylation sites (tertiary alicyclic amines) is 1. The van der Waals surface area contributed by atoms with Gasteiger partial charge in [-0.3, -0.25) is 4.79 Å². The summed E-state index contributed by atoms with van der Waals surface area (Å²) >= 11 is 0. The Kier molecular flexibility index (Phi) is 5.20. The number of aromatic nitrogens is 2. The van der Waals surface area contributed by atoms with Crippen LogP contribution in [-0.4, -0.2) is 39.2 Å². The largest absolute Gasteiger partial charge is 0.392 e. The predicted molar refractivity (Wildman–Crippen MR) is 92.1 cm³/mol. The van der Waals surface area contributed by atoms with E-state index in [-0.39, 0.29) is 12.5 Å². The number of hydrogen-bond acceptors (Lipinski definition) is 4. The molecule has 1 fully saturated rings. The van der Waals surface area contributed by atoms with E-state index in [1.165, 1.54) is 0 Å². The van der Waals surface area contributed by atoms with Crippen LogP contribution in [0.25, 0.3) is 11.3 Å². The van der Waals surface area contributed by atoms with Crippen LogP contribution < -0.4 is 0 Å². The van der Waals surface area contributed by atoms with Crippen LogP contribution >= 0.6 is 0 Å². The summed E-state index contributed by atoms with van der Waals surface area (Å²) in [5.74, 6) is 0.616. The fraction of sp³-hybridized carbons (Fsp3) is 0.421. The minimum absolute atomic E-state index is 0.0215. The number of aliphatic hydroxyl groups excluding tert-OH is 1. The number of benzene rings is 1. The summed E-state index contributed by atoms with van der Waals surface area (Å²) in [6, 6.07) is 11.7. The van der Waals surface area contributed by atoms with Gasteiger partial charge in [0.05, 0.1) is 18.0 Å². The fourth-order valence-corrected chi connectivity index (χ4v) is 3.27. The van der Waals surface area contributed by atoms with Crippen molar-refractivity contribution in [1.29, 1.82) is 0 Å². The maximum absolute atomic E-state index is 11.5. The van der Waals surface area contributed by atoms with Crippen molar-refractivity contribution in [3.63, 3.8) is 0 Å². The van der Waals surface area contributed by atoms with Gasteiger partial charge in [0.25, 0.3) is 0 Å². The number of nitrogens with zero attached hydrogens (tertiary/aromatic N) is 3. The molecule has 1 aliphatic rings. The van der Waals surface area contributed by atoms with Crippen LogP contribution in [0.4, 0.5) is 0 Å². The Morgan fingerprint density at radius 2 is 2.17 bits per heavy atom. The lowest BCUT2D eigenvalue weighted by Crippen LogP contribution is -2.39. The molecular formula is C19H23N3O2. The third-order valence-corrected chi connectivity index (χ3v) is 4.59. The molecule has 0 bridgehead atoms. The lowest BCUT2D eigenvalue weighted by molar-refractivity contribution is -0.130. The molecule has 0 unspecified atom stereocenters. The van der Waals surface area contributed by atoms with Crippen molar-refractivity contribution in [3.05, 3.63) is 47.7 Å². The summed E-state index contributed by atoms with van der Waals surface area (Å²) in [7, 11) is 0. The highest BCUT2D eigenvalue weighted by Gasteiger charge is 2.22. The van der Waals surface area contributed by atoms with Gasteiger partial charge < -0.3 is 10.0 Å². The minimum atomic E-state index is 0.0215. The highest BCUT2D eigenvalue weighted by Crippen LogP contribution is 2.22. The Balaban J connectivity index is 1.67. The Hall–Kier alpha value is -2.27. The van der Waals surface area contributed by atoms with Crippen LogP contribution in [0.5, 0.6) is 0 Å². The van der Waals surface area contributed by atoms with Crippen LogP contribution in [0.2, 0.25) is 0 Å². The SMILES string of the molecule is CC(=O)N1CCC[C@@H](Cc2ccc(-c3cccc(CO)c3)nn2)C1. The second-order valence-electron chi connectivity index (χ2n) is 6.45. The first-order chi connectivity index (χ1) is 11.7. The first-order valence-electron chi connectivity index (χ1n) is 8.44. The van der Waals surface area contributed by atoms with Gasteiger partial charge in [-0.15, -0.1) is 0 Å². The average Bonchev–Trinajstić information content (AvgIpc) is 2.62. The quantitative estimate of drug-likeness (QED) is 0.937. The maximum atomic E-state index is 11.5. The van der Waals surface area contributed by atoms with E-state index in [1.54, 1.807) is 6.92 Å². The van der Waals surface area contributed by atoms with Crippen LogP contribution in [0.3, 0.4) is 0 Å². The lowest BCUT2D eigenvalue weighted by Gasteiger charge is -2.31. The summed E-state index contributed by atoms with van der Waals surface area (Å²) in [6.45, 7) is 3.35. The van der Waals surface area contributed by atoms with E-state index in [4.69, 9.17) is 0 Å². The number of amides is 1. The Labute approximate surface area is 142 Å². The van der Waals surface area contributed by atoms with Crippen molar-refractivity contribution in [2.45, 2.75) is 32.8 Å². The minimum Gasteiger partial charge on any atom is -0.392 e. The molecule has 1 aromatic carbocycles. The third-order valence-electron chi connectivity index (χ3n) is 4.59. The van der Waals surface area contributed by atoms with Crippen LogP contribution in [0.1, 0.15) is 31.0 Å². The normalized spacial score (nSPS) is 17.8. The molecule has 24 heavy (non-hydrogen) atoms. The molecule has 0 aliphatic carbocycles. The van der Waals surface area contributed by atoms with Crippen molar-refractivity contribution in [3.8, 4) is 11.3 Å². The highest BCUT2D eigenvalue weighted by atomic mass is 16.3. The number of carbonyl (C=O) groups excluding carboxylic acids is 1. The van der Waals surface area contributed by atoms with Gasteiger partial charge in [0, 0.05) is 25.6 Å². The summed E-state index contributed by atoms with van der Waals surface area (Å²) < 4.78 is 0.